The lowest BCUT2D eigenvalue weighted by Gasteiger charge is -2.26. The predicted octanol–water partition coefficient (Wildman–Crippen LogP) is -0.827. The Hall–Kier alpha value is -1.16. The molecule has 4 nitrogen and oxygen atoms in total. The average Bonchev–Trinajstić information content (AvgIpc) is 2.17. The maximum absolute atomic E-state index is 11.2. The molecule has 1 N–H and O–H groups in total. The Morgan fingerprint density at radius 3 is 2.42 bits per heavy atom. The first kappa shape index (κ1) is 8.93. The highest BCUT2D eigenvalue weighted by atomic mass is 16.2. The van der Waals surface area contributed by atoms with Gasteiger partial charge in [0.25, 0.3) is 5.91 Å². The first-order valence-corrected chi connectivity index (χ1v) is 3.92. The molecule has 4 heteroatoms. The van der Waals surface area contributed by atoms with Gasteiger partial charge < -0.3 is 10.2 Å². The Kier molecular flexibility index (Phi) is 2.99. The second-order valence-electron chi connectivity index (χ2n) is 2.61. The van der Waals surface area contributed by atoms with E-state index in [2.05, 4.69) is 11.9 Å². The number of hydrogen-bond donors (Lipinski definition) is 1. The highest BCUT2D eigenvalue weighted by molar-refractivity contribution is 6.40. The van der Waals surface area contributed by atoms with Crippen LogP contribution in [-0.4, -0.2) is 42.8 Å². The van der Waals surface area contributed by atoms with Gasteiger partial charge in [-0.1, -0.05) is 6.58 Å². The average molecular weight is 168 g/mol. The molecule has 1 heterocycles. The normalized spacial score (nSPS) is 17.2. The fraction of sp³-hybridized carbons (Fsp3) is 0.500. The van der Waals surface area contributed by atoms with Crippen molar-refractivity contribution in [3.63, 3.8) is 0 Å². The number of amides is 1. The van der Waals surface area contributed by atoms with Crippen LogP contribution < -0.4 is 5.32 Å². The van der Waals surface area contributed by atoms with Crippen LogP contribution in [0.1, 0.15) is 0 Å². The van der Waals surface area contributed by atoms with Crippen LogP contribution in [0, 0.1) is 0 Å². The lowest BCUT2D eigenvalue weighted by molar-refractivity contribution is -0.142. The number of hydrogen-bond acceptors (Lipinski definition) is 3. The summed E-state index contributed by atoms with van der Waals surface area (Å²) in [5, 5.41) is 3.10. The van der Waals surface area contributed by atoms with Gasteiger partial charge in [0.1, 0.15) is 0 Å². The van der Waals surface area contributed by atoms with Crippen LogP contribution in [0.15, 0.2) is 12.7 Å². The number of ketones is 1. The fourth-order valence-corrected chi connectivity index (χ4v) is 1.11. The van der Waals surface area contributed by atoms with Crippen molar-refractivity contribution < 1.29 is 9.59 Å². The highest BCUT2D eigenvalue weighted by Gasteiger charge is 2.20. The Balaban J connectivity index is 2.50. The molecular weight excluding hydrogens is 156 g/mol. The van der Waals surface area contributed by atoms with Gasteiger partial charge in [0.15, 0.2) is 0 Å². The van der Waals surface area contributed by atoms with E-state index in [1.54, 1.807) is 4.90 Å². The number of piperazine rings is 1. The lowest BCUT2D eigenvalue weighted by Crippen LogP contribution is -2.48. The fourth-order valence-electron chi connectivity index (χ4n) is 1.11. The number of carbonyl (C=O) groups excluding carboxylic acids is 2. The van der Waals surface area contributed by atoms with Crippen LogP contribution in [0.3, 0.4) is 0 Å². The second-order valence-corrected chi connectivity index (χ2v) is 2.61. The monoisotopic (exact) mass is 168 g/mol. The third-order valence-electron chi connectivity index (χ3n) is 1.80. The number of nitrogens with zero attached hydrogens (tertiary/aromatic N) is 1. The van der Waals surface area contributed by atoms with E-state index >= 15 is 0 Å². The smallest absolute Gasteiger partial charge is 0.294 e. The standard InChI is InChI=1S/C8H12N2O2/c1-2-7(11)8(12)10-5-3-9-4-6-10/h2,9H,1,3-6H2. The van der Waals surface area contributed by atoms with Gasteiger partial charge in [0.2, 0.25) is 5.78 Å². The van der Waals surface area contributed by atoms with Gasteiger partial charge in [-0.3, -0.25) is 9.59 Å². The molecule has 1 aliphatic heterocycles. The minimum atomic E-state index is -0.517. The summed E-state index contributed by atoms with van der Waals surface area (Å²) in [5.74, 6) is -0.955. The molecule has 0 aliphatic carbocycles. The van der Waals surface area contributed by atoms with E-state index in [1.807, 2.05) is 0 Å². The zero-order chi connectivity index (χ0) is 8.97. The van der Waals surface area contributed by atoms with Crippen LogP contribution in [0.2, 0.25) is 0 Å². The van der Waals surface area contributed by atoms with E-state index in [9.17, 15) is 9.59 Å². The predicted molar refractivity (Wildman–Crippen MR) is 44.7 cm³/mol. The molecule has 0 bridgehead atoms. The van der Waals surface area contributed by atoms with Gasteiger partial charge in [-0.15, -0.1) is 0 Å². The minimum Gasteiger partial charge on any atom is -0.333 e. The van der Waals surface area contributed by atoms with Gasteiger partial charge >= 0.3 is 0 Å². The molecule has 0 atom stereocenters. The van der Waals surface area contributed by atoms with Crippen LogP contribution in [0.4, 0.5) is 0 Å². The molecule has 1 fully saturated rings. The van der Waals surface area contributed by atoms with E-state index in [0.29, 0.717) is 13.1 Å². The quantitative estimate of drug-likeness (QED) is 0.432. The summed E-state index contributed by atoms with van der Waals surface area (Å²) in [6.07, 6.45) is 1.06. The van der Waals surface area contributed by atoms with Crippen LogP contribution in [0.25, 0.3) is 0 Å². The molecule has 12 heavy (non-hydrogen) atoms. The lowest BCUT2D eigenvalue weighted by atomic mass is 10.3. The van der Waals surface area contributed by atoms with Crippen molar-refractivity contribution in [2.45, 2.75) is 0 Å². The molecule has 0 aromatic carbocycles. The van der Waals surface area contributed by atoms with Crippen molar-refractivity contribution in [1.29, 1.82) is 0 Å². The summed E-state index contributed by atoms with van der Waals surface area (Å²) in [6, 6.07) is 0. The molecule has 66 valence electrons. The molecule has 0 aromatic rings. The zero-order valence-electron chi connectivity index (χ0n) is 6.88. The molecule has 0 unspecified atom stereocenters. The van der Waals surface area contributed by atoms with E-state index in [1.165, 1.54) is 0 Å². The molecule has 0 aromatic heterocycles. The first-order valence-electron chi connectivity index (χ1n) is 3.92. The molecule has 0 saturated carbocycles. The summed E-state index contributed by atoms with van der Waals surface area (Å²) in [6.45, 7) is 6.00. The number of rotatable bonds is 2. The number of nitrogens with one attached hydrogen (secondary N) is 1. The van der Waals surface area contributed by atoms with Gasteiger partial charge in [-0.05, 0) is 6.08 Å². The van der Waals surface area contributed by atoms with E-state index in [4.69, 9.17) is 0 Å². The summed E-state index contributed by atoms with van der Waals surface area (Å²) in [7, 11) is 0. The Morgan fingerprint density at radius 2 is 1.92 bits per heavy atom. The molecule has 1 saturated heterocycles. The summed E-state index contributed by atoms with van der Waals surface area (Å²) in [4.78, 5) is 23.6. The SMILES string of the molecule is C=CC(=O)C(=O)N1CCNCC1. The van der Waals surface area contributed by atoms with Gasteiger partial charge in [0.05, 0.1) is 0 Å². The second kappa shape index (κ2) is 4.01. The van der Waals surface area contributed by atoms with Crippen molar-refractivity contribution in [1.82, 2.24) is 10.2 Å². The topological polar surface area (TPSA) is 49.4 Å². The third kappa shape index (κ3) is 1.92. The maximum Gasteiger partial charge on any atom is 0.294 e. The van der Waals surface area contributed by atoms with Crippen LogP contribution in [0.5, 0.6) is 0 Å². The van der Waals surface area contributed by atoms with E-state index in [0.717, 1.165) is 19.2 Å². The van der Waals surface area contributed by atoms with Crippen LogP contribution >= 0.6 is 0 Å². The molecule has 1 rings (SSSR count). The molecular formula is C8H12N2O2. The Bertz CT molecular complexity index is 207. The molecule has 0 spiro atoms. The minimum absolute atomic E-state index is 0.438. The van der Waals surface area contributed by atoms with Crippen molar-refractivity contribution in [3.8, 4) is 0 Å². The summed E-state index contributed by atoms with van der Waals surface area (Å²) < 4.78 is 0. The van der Waals surface area contributed by atoms with Crippen molar-refractivity contribution in [2.24, 2.45) is 0 Å². The van der Waals surface area contributed by atoms with E-state index < -0.39 is 11.7 Å². The molecule has 1 amide bonds. The summed E-state index contributed by atoms with van der Waals surface area (Å²) >= 11 is 0. The third-order valence-corrected chi connectivity index (χ3v) is 1.80. The molecule has 1 aliphatic rings. The summed E-state index contributed by atoms with van der Waals surface area (Å²) in [5.41, 5.74) is 0. The van der Waals surface area contributed by atoms with Crippen molar-refractivity contribution in [2.75, 3.05) is 26.2 Å². The highest BCUT2D eigenvalue weighted by Crippen LogP contribution is 1.94. The largest absolute Gasteiger partial charge is 0.333 e. The number of carbonyl (C=O) groups is 2. The first-order chi connectivity index (χ1) is 5.75. The van der Waals surface area contributed by atoms with E-state index in [-0.39, 0.29) is 0 Å². The van der Waals surface area contributed by atoms with Gasteiger partial charge in [0, 0.05) is 26.2 Å². The van der Waals surface area contributed by atoms with Gasteiger partial charge in [-0.2, -0.15) is 0 Å². The van der Waals surface area contributed by atoms with Gasteiger partial charge in [-0.25, -0.2) is 0 Å². The Labute approximate surface area is 71.2 Å². The van der Waals surface area contributed by atoms with Crippen molar-refractivity contribution >= 4 is 11.7 Å². The molecule has 0 radical (unpaired) electrons. The van der Waals surface area contributed by atoms with Crippen molar-refractivity contribution in [3.05, 3.63) is 12.7 Å². The Morgan fingerprint density at radius 1 is 1.33 bits per heavy atom. The van der Waals surface area contributed by atoms with Crippen LogP contribution in [-0.2, 0) is 9.59 Å². The zero-order valence-corrected chi connectivity index (χ0v) is 6.88. The maximum atomic E-state index is 11.2.